The molecule has 1 aliphatic heterocycles. The lowest BCUT2D eigenvalue weighted by Gasteiger charge is -2.29. The first-order chi connectivity index (χ1) is 16.7. The van der Waals surface area contributed by atoms with Crippen LogP contribution in [0.3, 0.4) is 0 Å². The molecule has 2 amide bonds. The van der Waals surface area contributed by atoms with Crippen molar-refractivity contribution in [3.8, 4) is 11.3 Å². The van der Waals surface area contributed by atoms with Crippen molar-refractivity contribution in [3.05, 3.63) is 59.4 Å². The second-order valence-corrected chi connectivity index (χ2v) is 9.61. The lowest BCUT2D eigenvalue weighted by molar-refractivity contribution is -0.141. The molecular formula is C26H32N4O5. The number of oxazole rings is 1. The summed E-state index contributed by atoms with van der Waals surface area (Å²) in [4.78, 5) is 32.4. The van der Waals surface area contributed by atoms with Crippen molar-refractivity contribution in [1.29, 1.82) is 0 Å². The van der Waals surface area contributed by atoms with Crippen LogP contribution in [0.5, 0.6) is 0 Å². The molecule has 0 aliphatic carbocycles. The summed E-state index contributed by atoms with van der Waals surface area (Å²) in [5, 5.41) is 17.3. The van der Waals surface area contributed by atoms with Crippen LogP contribution in [0.15, 0.2) is 45.7 Å². The summed E-state index contributed by atoms with van der Waals surface area (Å²) in [5.74, 6) is -0.00774. The van der Waals surface area contributed by atoms with Crippen LogP contribution in [-0.4, -0.2) is 50.7 Å². The maximum Gasteiger partial charge on any atom is 0.243 e. The van der Waals surface area contributed by atoms with Gasteiger partial charge in [0, 0.05) is 24.6 Å². The molecule has 1 aliphatic rings. The molecule has 0 radical (unpaired) electrons. The summed E-state index contributed by atoms with van der Waals surface area (Å²) in [6.07, 6.45) is 0.838. The minimum atomic E-state index is -0.765. The summed E-state index contributed by atoms with van der Waals surface area (Å²) in [6.45, 7) is 9.52. The largest absolute Gasteiger partial charge is 0.443 e. The number of nitrogens with one attached hydrogen (secondary N) is 1. The third kappa shape index (κ3) is 5.14. The van der Waals surface area contributed by atoms with Crippen molar-refractivity contribution in [1.82, 2.24) is 20.4 Å². The molecule has 1 aromatic carbocycles. The van der Waals surface area contributed by atoms with Gasteiger partial charge in [-0.05, 0) is 32.3 Å². The molecule has 4 rings (SSSR count). The topological polar surface area (TPSA) is 122 Å². The monoisotopic (exact) mass is 480 g/mol. The van der Waals surface area contributed by atoms with Gasteiger partial charge in [0.15, 0.2) is 12.2 Å². The lowest BCUT2D eigenvalue weighted by Crippen LogP contribution is -2.48. The molecule has 0 unspecified atom stereocenters. The predicted octanol–water partition coefficient (Wildman–Crippen LogP) is 3.53. The highest BCUT2D eigenvalue weighted by Crippen LogP contribution is 2.31. The first-order valence-electron chi connectivity index (χ1n) is 11.9. The molecule has 1 saturated heterocycles. The number of aryl methyl sites for hydroxylation is 2. The Morgan fingerprint density at radius 1 is 1.17 bits per heavy atom. The van der Waals surface area contributed by atoms with E-state index in [1.165, 1.54) is 11.3 Å². The third-order valence-corrected chi connectivity index (χ3v) is 6.53. The second kappa shape index (κ2) is 10.0. The molecule has 1 fully saturated rings. The van der Waals surface area contributed by atoms with Gasteiger partial charge in [-0.2, -0.15) is 0 Å². The first-order valence-corrected chi connectivity index (χ1v) is 11.9. The number of hydrogen-bond donors (Lipinski definition) is 2. The summed E-state index contributed by atoms with van der Waals surface area (Å²) >= 11 is 0. The van der Waals surface area contributed by atoms with Crippen LogP contribution in [0.25, 0.3) is 11.3 Å². The van der Waals surface area contributed by atoms with Crippen molar-refractivity contribution in [2.24, 2.45) is 5.92 Å². The van der Waals surface area contributed by atoms with Gasteiger partial charge in [-0.3, -0.25) is 9.59 Å². The summed E-state index contributed by atoms with van der Waals surface area (Å²) in [6, 6.07) is 8.39. The molecule has 3 heterocycles. The Bertz CT molecular complexity index is 1180. The molecule has 9 nitrogen and oxygen atoms in total. The van der Waals surface area contributed by atoms with Gasteiger partial charge in [-0.25, -0.2) is 4.98 Å². The van der Waals surface area contributed by atoms with E-state index in [0.717, 1.165) is 16.8 Å². The molecule has 9 heteroatoms. The fourth-order valence-electron chi connectivity index (χ4n) is 4.64. The number of amides is 2. The van der Waals surface area contributed by atoms with E-state index in [1.807, 2.05) is 52.0 Å². The zero-order chi connectivity index (χ0) is 25.3. The van der Waals surface area contributed by atoms with Gasteiger partial charge in [0.25, 0.3) is 0 Å². The van der Waals surface area contributed by atoms with Crippen LogP contribution in [0, 0.1) is 19.8 Å². The summed E-state index contributed by atoms with van der Waals surface area (Å²) < 4.78 is 10.8. The number of rotatable bonds is 7. The van der Waals surface area contributed by atoms with Crippen LogP contribution in [0.2, 0.25) is 0 Å². The highest BCUT2D eigenvalue weighted by atomic mass is 16.5. The second-order valence-electron chi connectivity index (χ2n) is 9.61. The van der Waals surface area contributed by atoms with E-state index in [2.05, 4.69) is 15.5 Å². The number of aromatic nitrogens is 2. The van der Waals surface area contributed by atoms with Gasteiger partial charge in [-0.15, -0.1) is 0 Å². The number of aliphatic hydroxyl groups excluding tert-OH is 1. The van der Waals surface area contributed by atoms with Crippen LogP contribution in [0.1, 0.15) is 61.9 Å². The number of carbonyl (C=O) groups is 2. The smallest absolute Gasteiger partial charge is 0.243 e. The molecule has 35 heavy (non-hydrogen) atoms. The van der Waals surface area contributed by atoms with Gasteiger partial charge < -0.3 is 24.3 Å². The molecule has 0 spiro atoms. The number of aliphatic hydroxyl groups is 1. The number of hydrogen-bond acceptors (Lipinski definition) is 7. The third-order valence-electron chi connectivity index (χ3n) is 6.53. The predicted molar refractivity (Wildman–Crippen MR) is 128 cm³/mol. The normalized spacial score (nSPS) is 19.7. The van der Waals surface area contributed by atoms with Crippen molar-refractivity contribution < 1.29 is 23.6 Å². The van der Waals surface area contributed by atoms with E-state index in [0.29, 0.717) is 17.2 Å². The van der Waals surface area contributed by atoms with E-state index < -0.39 is 18.1 Å². The molecule has 2 aromatic heterocycles. The Balaban J connectivity index is 1.47. The lowest BCUT2D eigenvalue weighted by atomic mass is 9.91. The molecule has 3 aromatic rings. The fraction of sp³-hybridized carbons (Fsp3) is 0.462. The molecule has 0 saturated carbocycles. The first kappa shape index (κ1) is 24.7. The van der Waals surface area contributed by atoms with Crippen molar-refractivity contribution in [2.45, 2.75) is 65.1 Å². The van der Waals surface area contributed by atoms with Crippen molar-refractivity contribution in [3.63, 3.8) is 0 Å². The number of benzene rings is 1. The molecule has 186 valence electrons. The van der Waals surface area contributed by atoms with E-state index >= 15 is 0 Å². The van der Waals surface area contributed by atoms with Gasteiger partial charge >= 0.3 is 0 Å². The molecule has 2 N–H and O–H groups in total. The SMILES string of the molecule is Cc1cc([C@H](C(=O)N2C[C@H](O)C[C@H]2C(=O)N[C@@H](C)c2ccc(-c3ocnc3C)cc2)C(C)C)on1. The Labute approximate surface area is 204 Å². The van der Waals surface area contributed by atoms with E-state index in [-0.39, 0.29) is 36.7 Å². The van der Waals surface area contributed by atoms with Gasteiger partial charge in [-0.1, -0.05) is 43.3 Å². The summed E-state index contributed by atoms with van der Waals surface area (Å²) in [5.41, 5.74) is 3.31. The standard InChI is InChI=1S/C26H32N4O5/c1-14(2)23(22-10-15(3)29-35-22)26(33)30-12-20(31)11-21(30)25(32)28-16(4)18-6-8-19(9-7-18)24-17(5)27-13-34-24/h6-10,13-14,16,20-21,23,31H,11-12H2,1-5H3,(H,28,32)/t16-,20+,21-,23+/m0/s1. The zero-order valence-corrected chi connectivity index (χ0v) is 20.7. The van der Waals surface area contributed by atoms with Gasteiger partial charge in [0.1, 0.15) is 17.7 Å². The van der Waals surface area contributed by atoms with Crippen LogP contribution >= 0.6 is 0 Å². The summed E-state index contributed by atoms with van der Waals surface area (Å²) in [7, 11) is 0. The van der Waals surface area contributed by atoms with Crippen molar-refractivity contribution in [2.75, 3.05) is 6.54 Å². The van der Waals surface area contributed by atoms with Crippen LogP contribution in [0.4, 0.5) is 0 Å². The van der Waals surface area contributed by atoms with Gasteiger partial charge in [0.2, 0.25) is 11.8 Å². The number of β-amino-alcohol motifs (C(OH)–C–C–N with tert-alkyl or cyclic N) is 1. The minimum Gasteiger partial charge on any atom is -0.443 e. The minimum absolute atomic E-state index is 0.0678. The van der Waals surface area contributed by atoms with Crippen LogP contribution < -0.4 is 5.32 Å². The maximum absolute atomic E-state index is 13.5. The number of likely N-dealkylation sites (tertiary alicyclic amines) is 1. The Morgan fingerprint density at radius 2 is 1.89 bits per heavy atom. The zero-order valence-electron chi connectivity index (χ0n) is 20.7. The van der Waals surface area contributed by atoms with E-state index in [1.54, 1.807) is 13.0 Å². The Hall–Kier alpha value is -3.46. The average molecular weight is 481 g/mol. The Morgan fingerprint density at radius 3 is 2.46 bits per heavy atom. The molecule has 0 bridgehead atoms. The highest BCUT2D eigenvalue weighted by Gasteiger charge is 2.43. The number of carbonyl (C=O) groups excluding carboxylic acids is 2. The molecule has 4 atom stereocenters. The van der Waals surface area contributed by atoms with Crippen LogP contribution in [-0.2, 0) is 9.59 Å². The quantitative estimate of drug-likeness (QED) is 0.530. The average Bonchev–Trinajstić information content (AvgIpc) is 3.53. The van der Waals surface area contributed by atoms with Gasteiger partial charge in [0.05, 0.1) is 23.5 Å². The number of nitrogens with zero attached hydrogens (tertiary/aromatic N) is 3. The van der Waals surface area contributed by atoms with Crippen molar-refractivity contribution >= 4 is 11.8 Å². The van der Waals surface area contributed by atoms with E-state index in [9.17, 15) is 14.7 Å². The highest BCUT2D eigenvalue weighted by molar-refractivity contribution is 5.91. The Kier molecular flexibility index (Phi) is 7.07. The fourth-order valence-corrected chi connectivity index (χ4v) is 4.64. The maximum atomic E-state index is 13.5. The molecular weight excluding hydrogens is 448 g/mol. The van der Waals surface area contributed by atoms with E-state index in [4.69, 9.17) is 8.94 Å².